The van der Waals surface area contributed by atoms with E-state index in [2.05, 4.69) is 10.2 Å². The van der Waals surface area contributed by atoms with Crippen molar-refractivity contribution in [3.05, 3.63) is 56.7 Å². The normalized spacial score (nSPS) is 16.6. The van der Waals surface area contributed by atoms with E-state index in [-0.39, 0.29) is 11.6 Å². The first-order valence-electron chi connectivity index (χ1n) is 11.5. The molecule has 0 radical (unpaired) electrons. The molecule has 4 rings (SSSR count). The lowest BCUT2D eigenvalue weighted by Crippen LogP contribution is -2.49. The Balaban J connectivity index is 1.74. The van der Waals surface area contributed by atoms with E-state index in [1.165, 1.54) is 11.6 Å². The number of carbonyl (C=O) groups is 1. The van der Waals surface area contributed by atoms with Crippen molar-refractivity contribution in [3.8, 4) is 0 Å². The number of carbonyl (C=O) groups excluding carboxylic acids is 1. The Morgan fingerprint density at radius 2 is 1.85 bits per heavy atom. The minimum atomic E-state index is -0.576. The van der Waals surface area contributed by atoms with Gasteiger partial charge in [0.05, 0.1) is 6.54 Å². The van der Waals surface area contributed by atoms with Crippen LogP contribution < -0.4 is 21.5 Å². The van der Waals surface area contributed by atoms with Gasteiger partial charge in [-0.25, -0.2) is 9.59 Å². The van der Waals surface area contributed by atoms with Gasteiger partial charge in [0.2, 0.25) is 5.95 Å². The van der Waals surface area contributed by atoms with Crippen molar-refractivity contribution in [2.75, 3.05) is 18.0 Å². The van der Waals surface area contributed by atoms with Crippen molar-refractivity contribution in [2.24, 2.45) is 14.1 Å². The van der Waals surface area contributed by atoms with Crippen LogP contribution in [0.25, 0.3) is 11.2 Å². The van der Waals surface area contributed by atoms with Crippen LogP contribution in [0.3, 0.4) is 0 Å². The summed E-state index contributed by atoms with van der Waals surface area (Å²) in [5.74, 6) is 0.604. The number of nitrogens with zero attached hydrogens (tertiary/aromatic N) is 5. The maximum absolute atomic E-state index is 13.1. The number of alkyl carbamates (subject to hydrolysis) is 1. The highest BCUT2D eigenvalue weighted by Gasteiger charge is 2.29. The summed E-state index contributed by atoms with van der Waals surface area (Å²) in [6.45, 7) is 7.16. The molecule has 0 spiro atoms. The van der Waals surface area contributed by atoms with Crippen LogP contribution in [0.1, 0.15) is 39.2 Å². The smallest absolute Gasteiger partial charge is 0.407 e. The highest BCUT2D eigenvalue weighted by atomic mass is 16.6. The Kier molecular flexibility index (Phi) is 6.24. The van der Waals surface area contributed by atoms with Crippen molar-refractivity contribution >= 4 is 23.2 Å². The molecular weight excluding hydrogens is 436 g/mol. The van der Waals surface area contributed by atoms with E-state index in [1.807, 2.05) is 55.7 Å². The van der Waals surface area contributed by atoms with Crippen molar-refractivity contribution in [1.29, 1.82) is 0 Å². The molecule has 1 fully saturated rings. The van der Waals surface area contributed by atoms with Crippen LogP contribution in [-0.2, 0) is 25.4 Å². The maximum Gasteiger partial charge on any atom is 0.407 e. The zero-order valence-corrected chi connectivity index (χ0v) is 20.4. The Morgan fingerprint density at radius 3 is 2.53 bits per heavy atom. The summed E-state index contributed by atoms with van der Waals surface area (Å²) in [6, 6.07) is 9.69. The second-order valence-corrected chi connectivity index (χ2v) is 9.79. The molecule has 0 bridgehead atoms. The number of imidazole rings is 1. The van der Waals surface area contributed by atoms with Crippen LogP contribution in [0.5, 0.6) is 0 Å². The third-order valence-electron chi connectivity index (χ3n) is 5.94. The van der Waals surface area contributed by atoms with Crippen molar-refractivity contribution in [2.45, 2.75) is 51.8 Å². The lowest BCUT2D eigenvalue weighted by molar-refractivity contribution is 0.0500. The van der Waals surface area contributed by atoms with E-state index in [0.717, 1.165) is 29.5 Å². The lowest BCUT2D eigenvalue weighted by atomic mass is 10.1. The molecule has 1 aromatic carbocycles. The van der Waals surface area contributed by atoms with Crippen LogP contribution in [-0.4, -0.2) is 49.5 Å². The van der Waals surface area contributed by atoms with E-state index in [4.69, 9.17) is 9.72 Å². The van der Waals surface area contributed by atoms with Crippen molar-refractivity contribution in [3.63, 3.8) is 0 Å². The number of ether oxygens (including phenoxy) is 1. The molecule has 0 unspecified atom stereocenters. The Hall–Kier alpha value is -3.56. The molecular formula is C24H32N6O4. The van der Waals surface area contributed by atoms with Crippen LogP contribution >= 0.6 is 0 Å². The second-order valence-electron chi connectivity index (χ2n) is 9.79. The molecule has 3 aromatic rings. The Morgan fingerprint density at radius 1 is 1.15 bits per heavy atom. The molecule has 1 aliphatic rings. The third-order valence-corrected chi connectivity index (χ3v) is 5.94. The first kappa shape index (κ1) is 23.6. The number of amides is 1. The van der Waals surface area contributed by atoms with E-state index < -0.39 is 17.4 Å². The molecule has 0 saturated carbocycles. The van der Waals surface area contributed by atoms with Gasteiger partial charge in [0.1, 0.15) is 5.60 Å². The predicted octanol–water partition coefficient (Wildman–Crippen LogP) is 1.98. The molecule has 1 aliphatic heterocycles. The van der Waals surface area contributed by atoms with Crippen LogP contribution in [0.4, 0.5) is 10.7 Å². The highest BCUT2D eigenvalue weighted by molar-refractivity contribution is 5.75. The van der Waals surface area contributed by atoms with Gasteiger partial charge in [-0.05, 0) is 39.2 Å². The fourth-order valence-electron chi connectivity index (χ4n) is 4.34. The third kappa shape index (κ3) is 4.71. The van der Waals surface area contributed by atoms with E-state index in [1.54, 1.807) is 7.05 Å². The molecule has 10 heteroatoms. The molecule has 1 amide bonds. The van der Waals surface area contributed by atoms with Gasteiger partial charge in [0, 0.05) is 33.2 Å². The summed E-state index contributed by atoms with van der Waals surface area (Å²) in [7, 11) is 3.10. The number of anilines is 1. The largest absolute Gasteiger partial charge is 0.444 e. The molecule has 182 valence electrons. The zero-order chi connectivity index (χ0) is 24.6. The molecule has 1 atom stereocenters. The van der Waals surface area contributed by atoms with Gasteiger partial charge in [0.25, 0.3) is 5.56 Å². The Labute approximate surface area is 197 Å². The maximum atomic E-state index is 13.1. The number of fused-ring (bicyclic) bond motifs is 1. The highest BCUT2D eigenvalue weighted by Crippen LogP contribution is 2.24. The average Bonchev–Trinajstić information content (AvgIpc) is 3.15. The zero-order valence-electron chi connectivity index (χ0n) is 20.4. The van der Waals surface area contributed by atoms with Gasteiger partial charge >= 0.3 is 11.8 Å². The molecule has 0 aliphatic carbocycles. The van der Waals surface area contributed by atoms with Crippen molar-refractivity contribution in [1.82, 2.24) is 24.0 Å². The number of aromatic nitrogens is 4. The second kappa shape index (κ2) is 9.00. The topological polar surface area (TPSA) is 103 Å². The summed E-state index contributed by atoms with van der Waals surface area (Å²) in [6.07, 6.45) is 1.20. The van der Waals surface area contributed by atoms with Crippen LogP contribution in [0.2, 0.25) is 0 Å². The van der Waals surface area contributed by atoms with Gasteiger partial charge in [-0.2, -0.15) is 4.98 Å². The molecule has 34 heavy (non-hydrogen) atoms. The number of rotatable bonds is 4. The summed E-state index contributed by atoms with van der Waals surface area (Å²) < 4.78 is 9.81. The van der Waals surface area contributed by atoms with E-state index >= 15 is 0 Å². The molecule has 3 heterocycles. The lowest BCUT2D eigenvalue weighted by Gasteiger charge is -2.34. The minimum absolute atomic E-state index is 0.125. The summed E-state index contributed by atoms with van der Waals surface area (Å²) in [4.78, 5) is 44.9. The summed E-state index contributed by atoms with van der Waals surface area (Å²) >= 11 is 0. The quantitative estimate of drug-likeness (QED) is 0.628. The SMILES string of the molecule is Cn1c(=O)c2c(nc(N3CCC[C@@H](NC(=O)OC(C)(C)C)C3)n2Cc2ccccc2)n(C)c1=O. The van der Waals surface area contributed by atoms with Gasteiger partial charge < -0.3 is 15.0 Å². The summed E-state index contributed by atoms with van der Waals surface area (Å²) in [5, 5.41) is 2.96. The molecule has 1 saturated heterocycles. The number of hydrogen-bond donors (Lipinski definition) is 1. The standard InChI is InChI=1S/C24H32N6O4/c1-24(2,3)34-22(32)25-17-12-9-13-29(15-17)21-26-19-18(20(31)28(5)23(33)27(19)4)30(21)14-16-10-7-6-8-11-16/h6-8,10-11,17H,9,12-15H2,1-5H3,(H,25,32)/t17-/m1/s1. The summed E-state index contributed by atoms with van der Waals surface area (Å²) in [5.41, 5.74) is 0.364. The van der Waals surface area contributed by atoms with Gasteiger partial charge in [0.15, 0.2) is 11.2 Å². The Bertz CT molecular complexity index is 1320. The van der Waals surface area contributed by atoms with Crippen LogP contribution in [0.15, 0.2) is 39.9 Å². The van der Waals surface area contributed by atoms with Gasteiger partial charge in [-0.3, -0.25) is 18.5 Å². The van der Waals surface area contributed by atoms with Gasteiger partial charge in [-0.15, -0.1) is 0 Å². The molecule has 10 nitrogen and oxygen atoms in total. The first-order chi connectivity index (χ1) is 16.0. The van der Waals surface area contributed by atoms with E-state index in [0.29, 0.717) is 30.2 Å². The molecule has 1 N–H and O–H groups in total. The van der Waals surface area contributed by atoms with E-state index in [9.17, 15) is 14.4 Å². The number of aryl methyl sites for hydroxylation is 1. The minimum Gasteiger partial charge on any atom is -0.444 e. The number of piperidine rings is 1. The van der Waals surface area contributed by atoms with Gasteiger partial charge in [-0.1, -0.05) is 30.3 Å². The molecule has 2 aromatic heterocycles. The van der Waals surface area contributed by atoms with Crippen LogP contribution in [0, 0.1) is 0 Å². The number of hydrogen-bond acceptors (Lipinski definition) is 6. The number of nitrogens with one attached hydrogen (secondary N) is 1. The fraction of sp³-hybridized carbons (Fsp3) is 0.500. The average molecular weight is 469 g/mol. The number of benzene rings is 1. The monoisotopic (exact) mass is 468 g/mol. The van der Waals surface area contributed by atoms with Crippen molar-refractivity contribution < 1.29 is 9.53 Å². The predicted molar refractivity (Wildman–Crippen MR) is 130 cm³/mol. The first-order valence-corrected chi connectivity index (χ1v) is 11.5. The fourth-order valence-corrected chi connectivity index (χ4v) is 4.34.